The van der Waals surface area contributed by atoms with Gasteiger partial charge in [-0.15, -0.1) is 0 Å². The van der Waals surface area contributed by atoms with Crippen LogP contribution in [0.25, 0.3) is 0 Å². The molecule has 0 aromatic heterocycles. The van der Waals surface area contributed by atoms with Crippen molar-refractivity contribution >= 4 is 11.8 Å². The van der Waals surface area contributed by atoms with E-state index in [0.29, 0.717) is 12.2 Å². The quantitative estimate of drug-likeness (QED) is 0.659. The van der Waals surface area contributed by atoms with Gasteiger partial charge < -0.3 is 4.74 Å². The van der Waals surface area contributed by atoms with E-state index < -0.39 is 0 Å². The van der Waals surface area contributed by atoms with Crippen LogP contribution in [0.5, 0.6) is 0 Å². The van der Waals surface area contributed by atoms with Crippen molar-refractivity contribution in [2.75, 3.05) is 7.11 Å². The van der Waals surface area contributed by atoms with Crippen LogP contribution in [0.2, 0.25) is 0 Å². The normalized spacial score (nSPS) is 49.2. The first-order valence-electron chi connectivity index (χ1n) is 6.38. The van der Waals surface area contributed by atoms with Gasteiger partial charge in [0.2, 0.25) is 0 Å². The number of carbonyl (C=O) groups excluding carboxylic acids is 2. The Morgan fingerprint density at radius 3 is 2.35 bits per heavy atom. The van der Waals surface area contributed by atoms with E-state index in [4.69, 9.17) is 4.74 Å². The van der Waals surface area contributed by atoms with E-state index in [1.807, 2.05) is 6.92 Å². The topological polar surface area (TPSA) is 43.4 Å². The van der Waals surface area contributed by atoms with Crippen LogP contribution in [0, 0.1) is 28.6 Å². The van der Waals surface area contributed by atoms with Crippen LogP contribution in [-0.4, -0.2) is 18.9 Å². The summed E-state index contributed by atoms with van der Waals surface area (Å²) in [5, 5.41) is 0. The van der Waals surface area contributed by atoms with E-state index in [2.05, 4.69) is 20.8 Å². The maximum atomic E-state index is 12.0. The fraction of sp³-hybridized carbons (Fsp3) is 0.857. The van der Waals surface area contributed by atoms with Crippen molar-refractivity contribution in [1.29, 1.82) is 0 Å². The lowest BCUT2D eigenvalue weighted by atomic mass is 9.65. The molecule has 3 heteroatoms. The molecule has 0 N–H and O–H groups in total. The number of hydrogen-bond donors (Lipinski definition) is 0. The van der Waals surface area contributed by atoms with E-state index >= 15 is 0 Å². The maximum Gasteiger partial charge on any atom is 0.308 e. The highest BCUT2D eigenvalue weighted by Gasteiger charge is 2.66. The molecule has 2 rings (SSSR count). The molecule has 0 heterocycles. The summed E-state index contributed by atoms with van der Waals surface area (Å²) in [7, 11) is 1.45. The molecular formula is C14H22O3. The van der Waals surface area contributed by atoms with Crippen LogP contribution in [0.4, 0.5) is 0 Å². The predicted octanol–water partition coefficient (Wildman–Crippen LogP) is 2.44. The average molecular weight is 238 g/mol. The summed E-state index contributed by atoms with van der Waals surface area (Å²) in [6.07, 6.45) is 1.39. The minimum atomic E-state index is -0.117. The van der Waals surface area contributed by atoms with E-state index in [-0.39, 0.29) is 34.6 Å². The highest BCUT2D eigenvalue weighted by molar-refractivity contribution is 5.86. The third kappa shape index (κ3) is 1.34. The van der Waals surface area contributed by atoms with Gasteiger partial charge in [-0.1, -0.05) is 27.7 Å². The fourth-order valence-electron chi connectivity index (χ4n) is 4.17. The van der Waals surface area contributed by atoms with E-state index in [1.165, 1.54) is 7.11 Å². The van der Waals surface area contributed by atoms with Crippen LogP contribution in [-0.2, 0) is 14.3 Å². The number of carbonyl (C=O) groups is 2. The molecule has 0 spiro atoms. The second kappa shape index (κ2) is 3.56. The van der Waals surface area contributed by atoms with Crippen molar-refractivity contribution in [3.05, 3.63) is 0 Å². The molecular weight excluding hydrogens is 216 g/mol. The Bertz CT molecular complexity index is 374. The Morgan fingerprint density at radius 1 is 1.29 bits per heavy atom. The Labute approximate surface area is 103 Å². The first kappa shape index (κ1) is 12.6. The van der Waals surface area contributed by atoms with Crippen LogP contribution in [0.15, 0.2) is 0 Å². The standard InChI is InChI=1S/C14H22O3/c1-8-10(12(16)17-5)6-13(3)9(2)11(15)7-14(8,13)4/h8-10H,6-7H2,1-5H3/t8-,9+,10-,13+,14+/m0/s1. The first-order chi connectivity index (χ1) is 7.78. The molecule has 3 nitrogen and oxygen atoms in total. The van der Waals surface area contributed by atoms with Crippen LogP contribution >= 0.6 is 0 Å². The van der Waals surface area contributed by atoms with Crippen molar-refractivity contribution in [1.82, 2.24) is 0 Å². The molecule has 0 amide bonds. The Hall–Kier alpha value is -0.860. The predicted molar refractivity (Wildman–Crippen MR) is 64.3 cm³/mol. The lowest BCUT2D eigenvalue weighted by molar-refractivity contribution is -0.147. The molecule has 2 saturated carbocycles. The molecule has 2 aliphatic carbocycles. The Kier molecular flexibility index (Phi) is 2.64. The third-order valence-corrected chi connectivity index (χ3v) is 6.04. The van der Waals surface area contributed by atoms with Crippen molar-refractivity contribution in [2.45, 2.75) is 40.5 Å². The van der Waals surface area contributed by atoms with E-state index in [9.17, 15) is 9.59 Å². The summed E-state index contributed by atoms with van der Waals surface area (Å²) >= 11 is 0. The molecule has 96 valence electrons. The number of Topliss-reactive ketones (excluding diaryl/α,β-unsaturated/α-hetero) is 1. The van der Waals surface area contributed by atoms with Gasteiger partial charge >= 0.3 is 5.97 Å². The highest BCUT2D eigenvalue weighted by Crippen LogP contribution is 2.67. The molecule has 0 aromatic carbocycles. The fourth-order valence-corrected chi connectivity index (χ4v) is 4.17. The Morgan fingerprint density at radius 2 is 1.88 bits per heavy atom. The van der Waals surface area contributed by atoms with Gasteiger partial charge in [0.15, 0.2) is 0 Å². The summed E-state index contributed by atoms with van der Waals surface area (Å²) in [6, 6.07) is 0. The molecule has 0 unspecified atom stereocenters. The monoisotopic (exact) mass is 238 g/mol. The van der Waals surface area contributed by atoms with Crippen LogP contribution in [0.1, 0.15) is 40.5 Å². The van der Waals surface area contributed by atoms with Crippen molar-refractivity contribution in [3.63, 3.8) is 0 Å². The number of rotatable bonds is 1. The third-order valence-electron chi connectivity index (χ3n) is 6.04. The minimum Gasteiger partial charge on any atom is -0.469 e. The van der Waals surface area contributed by atoms with E-state index in [0.717, 1.165) is 6.42 Å². The molecule has 0 radical (unpaired) electrons. The van der Waals surface area contributed by atoms with E-state index in [1.54, 1.807) is 0 Å². The smallest absolute Gasteiger partial charge is 0.308 e. The molecule has 5 atom stereocenters. The van der Waals surface area contributed by atoms with Crippen molar-refractivity contribution < 1.29 is 14.3 Å². The second-order valence-electron chi connectivity index (χ2n) is 6.32. The van der Waals surface area contributed by atoms with Gasteiger partial charge in [0, 0.05) is 12.3 Å². The van der Waals surface area contributed by atoms with Gasteiger partial charge in [0.25, 0.3) is 0 Å². The van der Waals surface area contributed by atoms with Gasteiger partial charge in [-0.05, 0) is 23.2 Å². The average Bonchev–Trinajstić information content (AvgIpc) is 2.59. The molecule has 0 aromatic rings. The molecule has 0 saturated heterocycles. The highest BCUT2D eigenvalue weighted by atomic mass is 16.5. The first-order valence-corrected chi connectivity index (χ1v) is 6.38. The number of ketones is 1. The molecule has 2 aliphatic rings. The summed E-state index contributed by atoms with van der Waals surface area (Å²) in [5.74, 6) is 0.461. The SMILES string of the molecule is COC(=O)[C@H]1C[C@]2(C)[C@H](C)C(=O)C[C@]2(C)[C@H]1C. The molecule has 2 fully saturated rings. The van der Waals surface area contributed by atoms with Gasteiger partial charge in [-0.3, -0.25) is 9.59 Å². The molecule has 0 bridgehead atoms. The largest absolute Gasteiger partial charge is 0.469 e. The van der Waals surface area contributed by atoms with Gasteiger partial charge in [-0.25, -0.2) is 0 Å². The number of ether oxygens (including phenoxy) is 1. The zero-order valence-corrected chi connectivity index (χ0v) is 11.4. The number of esters is 1. The second-order valence-corrected chi connectivity index (χ2v) is 6.32. The van der Waals surface area contributed by atoms with Crippen LogP contribution in [0.3, 0.4) is 0 Å². The lowest BCUT2D eigenvalue weighted by Gasteiger charge is -2.38. The molecule has 17 heavy (non-hydrogen) atoms. The maximum absolute atomic E-state index is 12.0. The van der Waals surface area contributed by atoms with Crippen molar-refractivity contribution in [2.24, 2.45) is 28.6 Å². The van der Waals surface area contributed by atoms with Crippen molar-refractivity contribution in [3.8, 4) is 0 Å². The lowest BCUT2D eigenvalue weighted by Crippen LogP contribution is -2.34. The summed E-state index contributed by atoms with van der Waals surface area (Å²) in [5.41, 5.74) is -0.106. The van der Waals surface area contributed by atoms with Gasteiger partial charge in [0.1, 0.15) is 5.78 Å². The summed E-state index contributed by atoms with van der Waals surface area (Å²) in [6.45, 7) is 8.45. The zero-order chi connectivity index (χ0) is 13.0. The number of methoxy groups -OCH3 is 1. The summed E-state index contributed by atoms with van der Waals surface area (Å²) < 4.78 is 4.90. The van der Waals surface area contributed by atoms with Gasteiger partial charge in [-0.2, -0.15) is 0 Å². The Balaban J connectivity index is 2.39. The van der Waals surface area contributed by atoms with Crippen LogP contribution < -0.4 is 0 Å². The zero-order valence-electron chi connectivity index (χ0n) is 11.4. The van der Waals surface area contributed by atoms with Gasteiger partial charge in [0.05, 0.1) is 13.0 Å². The number of hydrogen-bond acceptors (Lipinski definition) is 3. The number of fused-ring (bicyclic) bond motifs is 1. The minimum absolute atomic E-state index is 0.0504. The molecule has 0 aliphatic heterocycles. The summed E-state index contributed by atoms with van der Waals surface area (Å²) in [4.78, 5) is 23.8.